The minimum Gasteiger partial charge on any atom is -0.472 e. The number of alkyl halides is 3. The van der Waals surface area contributed by atoms with Crippen LogP contribution in [0.1, 0.15) is 39.2 Å². The van der Waals surface area contributed by atoms with Gasteiger partial charge in [-0.2, -0.15) is 23.1 Å². The Balaban J connectivity index is 1.36. The molecule has 6 heterocycles. The Morgan fingerprint density at radius 3 is 2.73 bits per heavy atom. The van der Waals surface area contributed by atoms with Crippen LogP contribution in [0.4, 0.5) is 33.5 Å². The molecule has 45 heavy (non-hydrogen) atoms. The molecule has 0 bridgehead atoms. The van der Waals surface area contributed by atoms with Crippen LogP contribution >= 0.6 is 0 Å². The summed E-state index contributed by atoms with van der Waals surface area (Å²) in [6, 6.07) is 1.32. The zero-order chi connectivity index (χ0) is 31.8. The van der Waals surface area contributed by atoms with Crippen LogP contribution in [0.2, 0.25) is 0 Å². The maximum absolute atomic E-state index is 16.5. The van der Waals surface area contributed by atoms with Crippen molar-refractivity contribution in [3.8, 4) is 23.1 Å². The standard InChI is InChI=1S/C30H34F5N7O3/c1-14-20-10-37-6-7-41(20)26-21-25(39-28(40-26)43-11-16-4-5-17-12-44-29(2,3)13-42(16)17)23(32)24(38-27(21)45-14)18-8-15(36)9-19(31)22(18)30(33,34)35/h8-9,14,16-17,20,37H,4-7,10-13,36H2,1-3H3/t14-,16-,17-,20-/m0/s1. The number of aromatic nitrogens is 3. The number of piperazine rings is 1. The van der Waals surface area contributed by atoms with E-state index in [4.69, 9.17) is 24.9 Å². The minimum absolute atomic E-state index is 0.0462. The number of nitrogens with two attached hydrogens (primary N) is 1. The summed E-state index contributed by atoms with van der Waals surface area (Å²) in [4.78, 5) is 17.6. The molecule has 242 valence electrons. The number of fused-ring (bicyclic) bond motifs is 3. The van der Waals surface area contributed by atoms with E-state index in [-0.39, 0.29) is 58.8 Å². The van der Waals surface area contributed by atoms with Crippen LogP contribution in [-0.4, -0.2) is 89.1 Å². The fraction of sp³-hybridized carbons (Fsp3) is 0.567. The smallest absolute Gasteiger partial charge is 0.419 e. The van der Waals surface area contributed by atoms with E-state index < -0.39 is 40.7 Å². The molecule has 0 radical (unpaired) electrons. The first-order chi connectivity index (χ1) is 21.3. The number of ether oxygens (including phenoxy) is 3. The van der Waals surface area contributed by atoms with E-state index in [1.165, 1.54) is 0 Å². The highest BCUT2D eigenvalue weighted by molar-refractivity contribution is 5.97. The van der Waals surface area contributed by atoms with Crippen molar-refractivity contribution in [1.82, 2.24) is 25.2 Å². The summed E-state index contributed by atoms with van der Waals surface area (Å²) in [5.74, 6) is -2.69. The first-order valence-electron chi connectivity index (χ1n) is 15.0. The second-order valence-corrected chi connectivity index (χ2v) is 12.8. The number of morpholine rings is 1. The van der Waals surface area contributed by atoms with E-state index in [2.05, 4.69) is 20.2 Å². The number of hydrogen-bond donors (Lipinski definition) is 2. The number of halogens is 5. The lowest BCUT2D eigenvalue weighted by molar-refractivity contribution is -0.139. The van der Waals surface area contributed by atoms with Crippen molar-refractivity contribution < 1.29 is 36.2 Å². The molecule has 4 aliphatic heterocycles. The van der Waals surface area contributed by atoms with Crippen molar-refractivity contribution in [2.75, 3.05) is 50.0 Å². The molecule has 4 atom stereocenters. The molecule has 0 unspecified atom stereocenters. The largest absolute Gasteiger partial charge is 0.472 e. The Labute approximate surface area is 256 Å². The molecule has 3 N–H and O–H groups in total. The van der Waals surface area contributed by atoms with Gasteiger partial charge in [-0.25, -0.2) is 13.8 Å². The number of rotatable bonds is 4. The van der Waals surface area contributed by atoms with Gasteiger partial charge in [0.25, 0.3) is 0 Å². The summed E-state index contributed by atoms with van der Waals surface area (Å²) in [7, 11) is 0. The molecular formula is C30H34F5N7O3. The third-order valence-electron chi connectivity index (χ3n) is 9.16. The van der Waals surface area contributed by atoms with Crippen LogP contribution in [0, 0.1) is 11.6 Å². The molecule has 0 spiro atoms. The summed E-state index contributed by atoms with van der Waals surface area (Å²) < 4.78 is 91.9. The normalized spacial score (nSPS) is 26.3. The monoisotopic (exact) mass is 635 g/mol. The lowest BCUT2D eigenvalue weighted by atomic mass is 10.0. The Morgan fingerprint density at radius 2 is 1.96 bits per heavy atom. The molecule has 3 saturated heterocycles. The molecular weight excluding hydrogens is 601 g/mol. The predicted molar refractivity (Wildman–Crippen MR) is 155 cm³/mol. The van der Waals surface area contributed by atoms with Crippen LogP contribution in [0.3, 0.4) is 0 Å². The van der Waals surface area contributed by atoms with Crippen LogP contribution in [0.5, 0.6) is 11.9 Å². The zero-order valence-electron chi connectivity index (χ0n) is 25.0. The fourth-order valence-electron chi connectivity index (χ4n) is 7.01. The van der Waals surface area contributed by atoms with Gasteiger partial charge < -0.3 is 30.2 Å². The fourth-order valence-corrected chi connectivity index (χ4v) is 7.01. The van der Waals surface area contributed by atoms with Gasteiger partial charge in [0.15, 0.2) is 5.82 Å². The highest BCUT2D eigenvalue weighted by Crippen LogP contribution is 2.45. The first kappa shape index (κ1) is 30.1. The molecule has 3 aromatic rings. The second kappa shape index (κ2) is 10.8. The number of hydrogen-bond acceptors (Lipinski definition) is 10. The molecule has 4 aliphatic rings. The highest BCUT2D eigenvalue weighted by atomic mass is 19.4. The van der Waals surface area contributed by atoms with Crippen molar-refractivity contribution in [3.05, 3.63) is 29.3 Å². The van der Waals surface area contributed by atoms with Crippen molar-refractivity contribution in [2.45, 2.75) is 69.6 Å². The molecule has 3 fully saturated rings. The SMILES string of the molecule is C[C@@H]1Oc2nc(-c3cc(N)cc(F)c3C(F)(F)F)c(F)c3nc(OC[C@@H]4CC[C@H]5COC(C)(C)CN45)nc(c23)N2CCNC[C@@H]12. The number of anilines is 2. The average molecular weight is 636 g/mol. The van der Waals surface area contributed by atoms with Gasteiger partial charge in [-0.1, -0.05) is 0 Å². The van der Waals surface area contributed by atoms with Gasteiger partial charge in [0.2, 0.25) is 5.88 Å². The predicted octanol–water partition coefficient (Wildman–Crippen LogP) is 4.15. The van der Waals surface area contributed by atoms with Gasteiger partial charge in [-0.15, -0.1) is 0 Å². The molecule has 10 nitrogen and oxygen atoms in total. The van der Waals surface area contributed by atoms with Crippen molar-refractivity contribution in [2.24, 2.45) is 0 Å². The number of nitrogens with one attached hydrogen (secondary N) is 1. The lowest BCUT2D eigenvalue weighted by Gasteiger charge is -2.42. The summed E-state index contributed by atoms with van der Waals surface area (Å²) in [5.41, 5.74) is 1.43. The summed E-state index contributed by atoms with van der Waals surface area (Å²) in [6.45, 7) is 9.06. The van der Waals surface area contributed by atoms with E-state index in [0.717, 1.165) is 25.5 Å². The molecule has 0 aliphatic carbocycles. The number of nitrogen functional groups attached to an aromatic ring is 1. The summed E-state index contributed by atoms with van der Waals surface area (Å²) >= 11 is 0. The van der Waals surface area contributed by atoms with Gasteiger partial charge in [0.1, 0.15) is 46.5 Å². The molecule has 2 aromatic heterocycles. The van der Waals surface area contributed by atoms with Crippen LogP contribution in [-0.2, 0) is 10.9 Å². The highest BCUT2D eigenvalue weighted by Gasteiger charge is 2.43. The van der Waals surface area contributed by atoms with Crippen molar-refractivity contribution in [1.29, 1.82) is 0 Å². The van der Waals surface area contributed by atoms with Crippen molar-refractivity contribution >= 4 is 22.4 Å². The Bertz CT molecular complexity index is 1650. The van der Waals surface area contributed by atoms with Gasteiger partial charge >= 0.3 is 12.2 Å². The molecule has 0 amide bonds. The Kier molecular flexibility index (Phi) is 7.20. The van der Waals surface area contributed by atoms with E-state index in [0.29, 0.717) is 38.1 Å². The summed E-state index contributed by atoms with van der Waals surface area (Å²) in [6.07, 6.45) is -3.88. The van der Waals surface area contributed by atoms with Gasteiger partial charge in [0, 0.05) is 49.5 Å². The van der Waals surface area contributed by atoms with E-state index >= 15 is 4.39 Å². The van der Waals surface area contributed by atoms with Gasteiger partial charge in [-0.05, 0) is 45.7 Å². The maximum atomic E-state index is 16.5. The van der Waals surface area contributed by atoms with Crippen molar-refractivity contribution in [3.63, 3.8) is 0 Å². The second-order valence-electron chi connectivity index (χ2n) is 12.8. The number of benzene rings is 1. The Hall–Kier alpha value is -3.56. The molecule has 7 rings (SSSR count). The van der Waals surface area contributed by atoms with Gasteiger partial charge in [0.05, 0.1) is 18.2 Å². The maximum Gasteiger partial charge on any atom is 0.419 e. The van der Waals surface area contributed by atoms with E-state index in [1.807, 2.05) is 18.7 Å². The molecule has 0 saturated carbocycles. The molecule has 1 aromatic carbocycles. The van der Waals surface area contributed by atoms with E-state index in [9.17, 15) is 17.6 Å². The van der Waals surface area contributed by atoms with Crippen LogP contribution in [0.25, 0.3) is 22.2 Å². The number of pyridine rings is 1. The first-order valence-corrected chi connectivity index (χ1v) is 15.0. The third kappa shape index (κ3) is 5.27. The third-order valence-corrected chi connectivity index (χ3v) is 9.16. The zero-order valence-corrected chi connectivity index (χ0v) is 25.0. The average Bonchev–Trinajstić information content (AvgIpc) is 3.31. The van der Waals surface area contributed by atoms with Crippen LogP contribution in [0.15, 0.2) is 12.1 Å². The topological polar surface area (TPSA) is 111 Å². The number of nitrogens with zero attached hydrogens (tertiary/aromatic N) is 5. The molecule has 15 heteroatoms. The Morgan fingerprint density at radius 1 is 1.16 bits per heavy atom. The quantitative estimate of drug-likeness (QED) is 0.321. The van der Waals surface area contributed by atoms with Gasteiger partial charge in [-0.3, -0.25) is 4.90 Å². The van der Waals surface area contributed by atoms with E-state index in [1.54, 1.807) is 6.92 Å². The summed E-state index contributed by atoms with van der Waals surface area (Å²) in [5, 5.41) is 3.41. The lowest BCUT2D eigenvalue weighted by Crippen LogP contribution is -2.56. The minimum atomic E-state index is -5.16. The van der Waals surface area contributed by atoms with Crippen LogP contribution < -0.4 is 25.4 Å².